The number of carbonyl (C=O) groups excluding carboxylic acids is 5. The van der Waals surface area contributed by atoms with E-state index in [9.17, 15) is 28.8 Å². The molecule has 1 saturated heterocycles. The van der Waals surface area contributed by atoms with Crippen molar-refractivity contribution in [1.29, 1.82) is 0 Å². The number of aryl methyl sites for hydroxylation is 1. The number of piperidine rings is 1. The number of anilines is 1. The lowest BCUT2D eigenvalue weighted by atomic mass is 10.0. The van der Waals surface area contributed by atoms with Crippen molar-refractivity contribution < 1.29 is 33.4 Å². The van der Waals surface area contributed by atoms with Gasteiger partial charge in [-0.05, 0) is 48.7 Å². The standard InChI is InChI=1S/C39H39N9O8/c49-32-8-7-29(36(51)44-32)48-37(52)27-5-2-6-28(33(27)38(48)53)40-11-15-55-17-18-56-16-14-47-30-20-25(22-42-34(30)45-39(47)54)23-3-1-4-24(19-23)35(50)43-26-9-12-46-13-10-41-31(46)21-26/h1-6,10,13,19-20,22,26,29,40H,7-9,11-12,14-18,21H2,(H,43,50)(H,42,45,54)(H,44,49,51). The molecule has 288 valence electrons. The topological polar surface area (TPSA) is 212 Å². The zero-order valence-corrected chi connectivity index (χ0v) is 30.3. The van der Waals surface area contributed by atoms with Crippen LogP contribution >= 0.6 is 0 Å². The van der Waals surface area contributed by atoms with Crippen LogP contribution < -0.4 is 21.6 Å². The number of carbonyl (C=O) groups is 5. The quantitative estimate of drug-likeness (QED) is 0.0948. The van der Waals surface area contributed by atoms with Crippen molar-refractivity contribution in [2.45, 2.75) is 50.9 Å². The van der Waals surface area contributed by atoms with Crippen molar-refractivity contribution in [3.63, 3.8) is 0 Å². The molecule has 17 heteroatoms. The van der Waals surface area contributed by atoms with Crippen LogP contribution in [0.1, 0.15) is 56.2 Å². The van der Waals surface area contributed by atoms with Crippen LogP contribution in [0, 0.1) is 0 Å². The van der Waals surface area contributed by atoms with Gasteiger partial charge in [0.2, 0.25) is 11.8 Å². The summed E-state index contributed by atoms with van der Waals surface area (Å²) in [4.78, 5) is 88.8. The third kappa shape index (κ3) is 7.33. The van der Waals surface area contributed by atoms with Gasteiger partial charge in [0, 0.05) is 67.4 Å². The van der Waals surface area contributed by atoms with E-state index in [1.54, 1.807) is 35.2 Å². The number of ether oxygens (including phenoxy) is 2. The number of hydrogen-bond acceptors (Lipinski definition) is 11. The summed E-state index contributed by atoms with van der Waals surface area (Å²) in [6, 6.07) is 13.0. The monoisotopic (exact) mass is 761 g/mol. The molecular formula is C39H39N9O8. The van der Waals surface area contributed by atoms with Crippen molar-refractivity contribution in [2.24, 2.45) is 0 Å². The van der Waals surface area contributed by atoms with Crippen molar-refractivity contribution in [3.8, 4) is 11.1 Å². The summed E-state index contributed by atoms with van der Waals surface area (Å²) in [5.41, 5.74) is 3.63. The summed E-state index contributed by atoms with van der Waals surface area (Å²) < 4.78 is 15.1. The first kappa shape index (κ1) is 36.5. The second kappa shape index (κ2) is 15.7. The van der Waals surface area contributed by atoms with Gasteiger partial charge >= 0.3 is 5.69 Å². The maximum Gasteiger partial charge on any atom is 0.327 e. The Morgan fingerprint density at radius 3 is 2.61 bits per heavy atom. The predicted octanol–water partition coefficient (Wildman–Crippen LogP) is 1.88. The second-order valence-corrected chi connectivity index (χ2v) is 13.8. The van der Waals surface area contributed by atoms with Crippen LogP contribution in [0.3, 0.4) is 0 Å². The second-order valence-electron chi connectivity index (χ2n) is 13.8. The fourth-order valence-corrected chi connectivity index (χ4v) is 7.39. The predicted molar refractivity (Wildman–Crippen MR) is 201 cm³/mol. The molecule has 0 aliphatic carbocycles. The van der Waals surface area contributed by atoms with Gasteiger partial charge in [0.1, 0.15) is 11.9 Å². The van der Waals surface area contributed by atoms with Crippen molar-refractivity contribution in [1.82, 2.24) is 39.6 Å². The first-order valence-corrected chi connectivity index (χ1v) is 18.5. The van der Waals surface area contributed by atoms with Gasteiger partial charge in [-0.2, -0.15) is 0 Å². The van der Waals surface area contributed by atoms with Crippen LogP contribution in [0.25, 0.3) is 22.3 Å². The minimum Gasteiger partial charge on any atom is -0.382 e. The number of nitrogens with one attached hydrogen (secondary N) is 4. The minimum atomic E-state index is -1.04. The Labute approximate surface area is 319 Å². The third-order valence-electron chi connectivity index (χ3n) is 10.2. The van der Waals surface area contributed by atoms with Crippen LogP contribution in [-0.4, -0.2) is 104 Å². The number of H-pyrrole nitrogens is 1. The van der Waals surface area contributed by atoms with E-state index in [2.05, 4.69) is 35.5 Å². The Bertz CT molecular complexity index is 2420. The summed E-state index contributed by atoms with van der Waals surface area (Å²) in [5, 5.41) is 8.47. The fraction of sp³-hybridized carbons (Fsp3) is 0.333. The molecule has 0 bridgehead atoms. The molecule has 5 aromatic rings. The lowest BCUT2D eigenvalue weighted by Gasteiger charge is -2.27. The van der Waals surface area contributed by atoms with Gasteiger partial charge in [-0.1, -0.05) is 18.2 Å². The Morgan fingerprint density at radius 1 is 0.911 bits per heavy atom. The summed E-state index contributed by atoms with van der Waals surface area (Å²) in [5.74, 6) is -1.44. The SMILES string of the molecule is O=C1CCC(N2C(=O)c3cccc(NCCOCCOCCn4c(=O)[nH]c5ncc(-c6cccc(C(=O)NC7CCn8ccnc8C7)c6)cc54)c3C2=O)C(=O)N1. The van der Waals surface area contributed by atoms with Crippen LogP contribution in [0.5, 0.6) is 0 Å². The zero-order valence-electron chi connectivity index (χ0n) is 30.3. The van der Waals surface area contributed by atoms with E-state index in [4.69, 9.17) is 9.47 Å². The first-order chi connectivity index (χ1) is 27.2. The Kier molecular flexibility index (Phi) is 10.2. The number of hydrogen-bond donors (Lipinski definition) is 4. The molecule has 6 heterocycles. The smallest absolute Gasteiger partial charge is 0.327 e. The Hall–Kier alpha value is -6.46. The molecule has 1 fully saturated rings. The van der Waals surface area contributed by atoms with Gasteiger partial charge in [0.15, 0.2) is 5.65 Å². The zero-order chi connectivity index (χ0) is 38.8. The number of benzene rings is 2. The summed E-state index contributed by atoms with van der Waals surface area (Å²) in [7, 11) is 0. The Morgan fingerprint density at radius 2 is 1.75 bits per heavy atom. The number of imide groups is 2. The normalized spacial score (nSPS) is 17.9. The summed E-state index contributed by atoms with van der Waals surface area (Å²) in [6.45, 7) is 2.48. The van der Waals surface area contributed by atoms with E-state index in [-0.39, 0.29) is 74.6 Å². The van der Waals surface area contributed by atoms with Crippen molar-refractivity contribution in [2.75, 3.05) is 38.3 Å². The number of rotatable bonds is 14. The van der Waals surface area contributed by atoms with E-state index in [1.165, 1.54) is 6.07 Å². The molecule has 0 radical (unpaired) electrons. The van der Waals surface area contributed by atoms with Crippen LogP contribution in [-0.2, 0) is 38.6 Å². The number of aromatic amines is 1. The molecule has 0 saturated carbocycles. The molecule has 56 heavy (non-hydrogen) atoms. The van der Waals surface area contributed by atoms with Gasteiger partial charge in [-0.15, -0.1) is 0 Å². The van der Waals surface area contributed by atoms with Crippen LogP contribution in [0.15, 0.2) is 71.9 Å². The molecule has 0 spiro atoms. The molecule has 8 rings (SSSR count). The lowest BCUT2D eigenvalue weighted by molar-refractivity contribution is -0.136. The molecule has 3 aromatic heterocycles. The molecular weight excluding hydrogens is 722 g/mol. The molecule has 4 N–H and O–H groups in total. The van der Waals surface area contributed by atoms with Crippen molar-refractivity contribution in [3.05, 3.63) is 100 Å². The highest BCUT2D eigenvalue weighted by Gasteiger charge is 2.45. The largest absolute Gasteiger partial charge is 0.382 e. The number of fused-ring (bicyclic) bond motifs is 3. The van der Waals surface area contributed by atoms with Crippen LogP contribution in [0.4, 0.5) is 5.69 Å². The van der Waals surface area contributed by atoms with Gasteiger partial charge in [-0.3, -0.25) is 43.7 Å². The highest BCUT2D eigenvalue weighted by Crippen LogP contribution is 2.32. The highest BCUT2D eigenvalue weighted by atomic mass is 16.5. The molecule has 2 aromatic carbocycles. The molecule has 3 aliphatic heterocycles. The Balaban J connectivity index is 0.799. The summed E-state index contributed by atoms with van der Waals surface area (Å²) in [6.07, 6.45) is 7.04. The fourth-order valence-electron chi connectivity index (χ4n) is 7.39. The number of pyridine rings is 1. The van der Waals surface area contributed by atoms with Gasteiger partial charge < -0.3 is 24.7 Å². The first-order valence-electron chi connectivity index (χ1n) is 18.5. The van der Waals surface area contributed by atoms with Gasteiger partial charge in [-0.25, -0.2) is 14.8 Å². The number of amides is 5. The van der Waals surface area contributed by atoms with E-state index in [1.807, 2.05) is 30.5 Å². The van der Waals surface area contributed by atoms with Gasteiger partial charge in [0.25, 0.3) is 17.7 Å². The molecule has 2 atom stereocenters. The van der Waals surface area contributed by atoms with E-state index < -0.39 is 29.7 Å². The number of nitrogens with zero attached hydrogens (tertiary/aromatic N) is 5. The van der Waals surface area contributed by atoms with Crippen LogP contribution in [0.2, 0.25) is 0 Å². The molecule has 17 nitrogen and oxygen atoms in total. The average molecular weight is 762 g/mol. The van der Waals surface area contributed by atoms with E-state index in [0.29, 0.717) is 35.4 Å². The molecule has 3 aliphatic rings. The molecule has 2 unspecified atom stereocenters. The maximum atomic E-state index is 13.3. The third-order valence-corrected chi connectivity index (χ3v) is 10.2. The molecule has 5 amide bonds. The lowest BCUT2D eigenvalue weighted by Crippen LogP contribution is -2.54. The highest BCUT2D eigenvalue weighted by molar-refractivity contribution is 6.25. The van der Waals surface area contributed by atoms with Gasteiger partial charge in [0.05, 0.1) is 49.6 Å². The minimum absolute atomic E-state index is 0.00465. The average Bonchev–Trinajstić information content (AvgIpc) is 3.87. The summed E-state index contributed by atoms with van der Waals surface area (Å²) >= 11 is 0. The number of aromatic nitrogens is 5. The van der Waals surface area contributed by atoms with E-state index in [0.717, 1.165) is 34.8 Å². The van der Waals surface area contributed by atoms with E-state index >= 15 is 0 Å². The number of imidazole rings is 2. The maximum absolute atomic E-state index is 13.3. The van der Waals surface area contributed by atoms with Crippen molar-refractivity contribution >= 4 is 46.4 Å².